The zero-order valence-electron chi connectivity index (χ0n) is 14.7. The highest BCUT2D eigenvalue weighted by Gasteiger charge is 2.29. The first kappa shape index (κ1) is 18.1. The van der Waals surface area contributed by atoms with E-state index in [1.165, 1.54) is 12.5 Å². The van der Waals surface area contributed by atoms with Gasteiger partial charge in [-0.3, -0.25) is 4.79 Å². The van der Waals surface area contributed by atoms with E-state index < -0.39 is 9.84 Å². The van der Waals surface area contributed by atoms with Crippen LogP contribution >= 0.6 is 0 Å². The Bertz CT molecular complexity index is 746. The summed E-state index contributed by atoms with van der Waals surface area (Å²) >= 11 is 0. The van der Waals surface area contributed by atoms with Crippen LogP contribution in [0.25, 0.3) is 0 Å². The summed E-state index contributed by atoms with van der Waals surface area (Å²) in [4.78, 5) is 24.8. The molecule has 3 rings (SSSR count). The molecule has 2 saturated heterocycles. The molecule has 1 N–H and O–H groups in total. The maximum Gasteiger partial charge on any atom is 0.242 e. The van der Waals surface area contributed by atoms with Crippen LogP contribution in [0, 0.1) is 0 Å². The van der Waals surface area contributed by atoms with E-state index in [4.69, 9.17) is 0 Å². The van der Waals surface area contributed by atoms with Gasteiger partial charge in [-0.1, -0.05) is 0 Å². The van der Waals surface area contributed by atoms with Crippen LogP contribution in [0.3, 0.4) is 0 Å². The van der Waals surface area contributed by atoms with Crippen molar-refractivity contribution in [3.05, 3.63) is 11.9 Å². The molecular weight excluding hydrogens is 342 g/mol. The van der Waals surface area contributed by atoms with Crippen LogP contribution in [-0.4, -0.2) is 74.7 Å². The molecule has 2 aliphatic heterocycles. The molecule has 1 atom stereocenters. The van der Waals surface area contributed by atoms with Crippen LogP contribution in [0.15, 0.2) is 11.1 Å². The molecule has 25 heavy (non-hydrogen) atoms. The molecule has 8 nitrogen and oxygen atoms in total. The number of likely N-dealkylation sites (N-methyl/N-ethyl adjacent to an activating group) is 1. The molecule has 9 heteroatoms. The average Bonchev–Trinajstić information content (AvgIpc) is 2.61. The molecule has 2 fully saturated rings. The molecule has 0 saturated carbocycles. The van der Waals surface area contributed by atoms with E-state index in [-0.39, 0.29) is 23.3 Å². The van der Waals surface area contributed by atoms with Gasteiger partial charge in [0.15, 0.2) is 9.84 Å². The summed E-state index contributed by atoms with van der Waals surface area (Å²) in [5.41, 5.74) is 0.574. The largest absolute Gasteiger partial charge is 0.340 e. The number of carbonyl (C=O) groups is 1. The van der Waals surface area contributed by atoms with Crippen LogP contribution in [0.1, 0.15) is 31.4 Å². The Kier molecular flexibility index (Phi) is 5.24. The fraction of sp³-hybridized carbons (Fsp3) is 0.688. The molecule has 138 valence electrons. The number of rotatable bonds is 4. The molecule has 0 spiro atoms. The Morgan fingerprint density at radius 2 is 2.16 bits per heavy atom. The van der Waals surface area contributed by atoms with Gasteiger partial charge in [0.05, 0.1) is 18.4 Å². The third kappa shape index (κ3) is 3.92. The highest BCUT2D eigenvalue weighted by atomic mass is 32.2. The van der Waals surface area contributed by atoms with Crippen molar-refractivity contribution in [2.75, 3.05) is 50.4 Å². The Morgan fingerprint density at radius 3 is 2.76 bits per heavy atom. The summed E-state index contributed by atoms with van der Waals surface area (Å²) in [5, 5.41) is 3.30. The smallest absolute Gasteiger partial charge is 0.242 e. The molecule has 1 aromatic rings. The Hall–Kier alpha value is -1.74. The summed E-state index contributed by atoms with van der Waals surface area (Å²) in [6.45, 7) is 5.82. The van der Waals surface area contributed by atoms with Gasteiger partial charge in [0, 0.05) is 38.4 Å². The summed E-state index contributed by atoms with van der Waals surface area (Å²) in [6.07, 6.45) is 4.47. The van der Waals surface area contributed by atoms with Crippen molar-refractivity contribution >= 4 is 21.7 Å². The third-order valence-electron chi connectivity index (χ3n) is 4.84. The maximum absolute atomic E-state index is 12.1. The van der Waals surface area contributed by atoms with Crippen molar-refractivity contribution in [1.29, 1.82) is 0 Å². The lowest BCUT2D eigenvalue weighted by atomic mass is 9.96. The summed E-state index contributed by atoms with van der Waals surface area (Å²) in [5.74, 6) is 0.537. The second-order valence-corrected chi connectivity index (χ2v) is 8.61. The standard InChI is InChI=1S/C16H25N5O3S/c1-3-20-7-8-21(11-14(20)22)16-18-10-13(25(2,23)24)15(19-16)12-5-4-6-17-9-12/h10,12,17H,3-9,11H2,1-2H3/t12-/m0/s1. The molecule has 1 aromatic heterocycles. The van der Waals surface area contributed by atoms with E-state index in [0.29, 0.717) is 37.8 Å². The molecule has 1 amide bonds. The van der Waals surface area contributed by atoms with Crippen LogP contribution in [0.5, 0.6) is 0 Å². The number of carbonyl (C=O) groups excluding carboxylic acids is 1. The third-order valence-corrected chi connectivity index (χ3v) is 5.95. The zero-order chi connectivity index (χ0) is 18.0. The van der Waals surface area contributed by atoms with Crippen molar-refractivity contribution in [2.45, 2.75) is 30.6 Å². The van der Waals surface area contributed by atoms with Gasteiger partial charge >= 0.3 is 0 Å². The van der Waals surface area contributed by atoms with E-state index >= 15 is 0 Å². The van der Waals surface area contributed by atoms with Crippen molar-refractivity contribution < 1.29 is 13.2 Å². The van der Waals surface area contributed by atoms with Gasteiger partial charge in [0.25, 0.3) is 0 Å². The number of anilines is 1. The minimum absolute atomic E-state index is 0.0467. The Balaban J connectivity index is 1.92. The lowest BCUT2D eigenvalue weighted by molar-refractivity contribution is -0.130. The Morgan fingerprint density at radius 1 is 1.36 bits per heavy atom. The average molecular weight is 367 g/mol. The maximum atomic E-state index is 12.1. The predicted molar refractivity (Wildman–Crippen MR) is 94.5 cm³/mol. The first-order valence-electron chi connectivity index (χ1n) is 8.70. The lowest BCUT2D eigenvalue weighted by Crippen LogP contribution is -2.50. The minimum atomic E-state index is -3.40. The van der Waals surface area contributed by atoms with Gasteiger partial charge < -0.3 is 15.1 Å². The first-order valence-corrected chi connectivity index (χ1v) is 10.6. The molecule has 3 heterocycles. The highest BCUT2D eigenvalue weighted by molar-refractivity contribution is 7.90. The van der Waals surface area contributed by atoms with E-state index in [1.807, 2.05) is 11.8 Å². The van der Waals surface area contributed by atoms with E-state index in [9.17, 15) is 13.2 Å². The lowest BCUT2D eigenvalue weighted by Gasteiger charge is -2.34. The number of piperazine rings is 1. The summed E-state index contributed by atoms with van der Waals surface area (Å²) in [6, 6.07) is 0. The summed E-state index contributed by atoms with van der Waals surface area (Å²) < 4.78 is 24.3. The molecule has 0 bridgehead atoms. The number of piperidine rings is 1. The van der Waals surface area contributed by atoms with Crippen molar-refractivity contribution in [3.8, 4) is 0 Å². The molecular formula is C16H25N5O3S. The van der Waals surface area contributed by atoms with E-state index in [2.05, 4.69) is 15.3 Å². The van der Waals surface area contributed by atoms with Crippen LogP contribution < -0.4 is 10.2 Å². The molecule has 0 aromatic carbocycles. The zero-order valence-corrected chi connectivity index (χ0v) is 15.5. The fourth-order valence-corrected chi connectivity index (χ4v) is 4.24. The van der Waals surface area contributed by atoms with Gasteiger partial charge in [-0.15, -0.1) is 0 Å². The summed E-state index contributed by atoms with van der Waals surface area (Å²) in [7, 11) is -3.40. The number of nitrogens with zero attached hydrogens (tertiary/aromatic N) is 4. The molecule has 0 unspecified atom stereocenters. The minimum Gasteiger partial charge on any atom is -0.340 e. The normalized spacial score (nSPS) is 22.3. The van der Waals surface area contributed by atoms with Gasteiger partial charge in [-0.2, -0.15) is 0 Å². The quantitative estimate of drug-likeness (QED) is 0.801. The first-order chi connectivity index (χ1) is 11.9. The SMILES string of the molecule is CCN1CCN(c2ncc(S(C)(=O)=O)c([C@H]3CCCNC3)n2)CC1=O. The van der Waals surface area contributed by atoms with Crippen LogP contribution in [-0.2, 0) is 14.6 Å². The fourth-order valence-electron chi connectivity index (χ4n) is 3.40. The Labute approximate surface area is 148 Å². The van der Waals surface area contributed by atoms with Crippen molar-refractivity contribution in [2.24, 2.45) is 0 Å². The van der Waals surface area contributed by atoms with Gasteiger partial charge in [0.2, 0.25) is 11.9 Å². The number of hydrogen-bond donors (Lipinski definition) is 1. The molecule has 0 aliphatic carbocycles. The topological polar surface area (TPSA) is 95.5 Å². The highest BCUT2D eigenvalue weighted by Crippen LogP contribution is 2.28. The second kappa shape index (κ2) is 7.25. The van der Waals surface area contributed by atoms with Gasteiger partial charge in [-0.05, 0) is 26.3 Å². The van der Waals surface area contributed by atoms with Crippen LogP contribution in [0.2, 0.25) is 0 Å². The second-order valence-electron chi connectivity index (χ2n) is 6.63. The number of sulfone groups is 1. The number of hydrogen-bond acceptors (Lipinski definition) is 7. The van der Waals surface area contributed by atoms with E-state index in [0.717, 1.165) is 19.4 Å². The number of amides is 1. The van der Waals surface area contributed by atoms with Crippen LogP contribution in [0.4, 0.5) is 5.95 Å². The van der Waals surface area contributed by atoms with Crippen molar-refractivity contribution in [1.82, 2.24) is 20.2 Å². The van der Waals surface area contributed by atoms with E-state index in [1.54, 1.807) is 4.90 Å². The van der Waals surface area contributed by atoms with Crippen molar-refractivity contribution in [3.63, 3.8) is 0 Å². The van der Waals surface area contributed by atoms with Gasteiger partial charge in [-0.25, -0.2) is 18.4 Å². The number of aromatic nitrogens is 2. The molecule has 2 aliphatic rings. The predicted octanol–water partition coefficient (Wildman–Crippen LogP) is 0.0156. The molecule has 0 radical (unpaired) electrons. The van der Waals surface area contributed by atoms with Gasteiger partial charge in [0.1, 0.15) is 4.90 Å². The number of nitrogens with one attached hydrogen (secondary N) is 1. The monoisotopic (exact) mass is 367 g/mol.